The predicted molar refractivity (Wildman–Crippen MR) is 109 cm³/mol. The number of para-hydroxylation sites is 2. The molecular formula is C22H17F3N4O. The maximum absolute atomic E-state index is 12.9. The van der Waals surface area contributed by atoms with Crippen molar-refractivity contribution in [2.45, 2.75) is 12.7 Å². The number of amides is 1. The largest absolute Gasteiger partial charge is 0.416 e. The van der Waals surface area contributed by atoms with Gasteiger partial charge in [0, 0.05) is 17.1 Å². The lowest BCUT2D eigenvalue weighted by atomic mass is 10.1. The van der Waals surface area contributed by atoms with Gasteiger partial charge in [-0.05, 0) is 42.0 Å². The molecule has 0 aliphatic carbocycles. The van der Waals surface area contributed by atoms with Crippen molar-refractivity contribution in [1.82, 2.24) is 9.78 Å². The normalized spacial score (nSPS) is 11.6. The first-order valence-electron chi connectivity index (χ1n) is 9.09. The summed E-state index contributed by atoms with van der Waals surface area (Å²) in [6.07, 6.45) is -2.72. The van der Waals surface area contributed by atoms with Gasteiger partial charge in [0.05, 0.1) is 29.0 Å². The van der Waals surface area contributed by atoms with E-state index in [-0.39, 0.29) is 11.4 Å². The Kier molecular flexibility index (Phi) is 4.91. The number of nitrogen functional groups attached to an aromatic ring is 1. The molecule has 8 heteroatoms. The number of hydrogen-bond acceptors (Lipinski definition) is 3. The molecule has 4 rings (SSSR count). The number of fused-ring (bicyclic) bond motifs is 1. The van der Waals surface area contributed by atoms with Gasteiger partial charge in [-0.15, -0.1) is 0 Å². The van der Waals surface area contributed by atoms with E-state index in [2.05, 4.69) is 10.4 Å². The van der Waals surface area contributed by atoms with Crippen molar-refractivity contribution in [2.24, 2.45) is 0 Å². The van der Waals surface area contributed by atoms with Crippen molar-refractivity contribution in [2.75, 3.05) is 11.1 Å². The summed E-state index contributed by atoms with van der Waals surface area (Å²) < 4.78 is 40.1. The van der Waals surface area contributed by atoms with Crippen molar-refractivity contribution in [3.05, 3.63) is 89.6 Å². The quantitative estimate of drug-likeness (QED) is 0.468. The SMILES string of the molecule is Nc1ccccc1NC(=O)c1ccc(Cn2cc3ccc(C(F)(F)F)cc3n2)cc1. The number of benzene rings is 3. The summed E-state index contributed by atoms with van der Waals surface area (Å²) in [6, 6.07) is 17.4. The number of nitrogens with zero attached hydrogens (tertiary/aromatic N) is 2. The van der Waals surface area contributed by atoms with E-state index in [1.165, 1.54) is 6.07 Å². The number of alkyl halides is 3. The van der Waals surface area contributed by atoms with E-state index in [9.17, 15) is 18.0 Å². The van der Waals surface area contributed by atoms with Gasteiger partial charge in [0.1, 0.15) is 0 Å². The van der Waals surface area contributed by atoms with Crippen LogP contribution in [0.1, 0.15) is 21.5 Å². The van der Waals surface area contributed by atoms with Gasteiger partial charge in [-0.25, -0.2) is 0 Å². The Morgan fingerprint density at radius 1 is 1.03 bits per heavy atom. The van der Waals surface area contributed by atoms with E-state index < -0.39 is 11.7 Å². The van der Waals surface area contributed by atoms with E-state index >= 15 is 0 Å². The summed E-state index contributed by atoms with van der Waals surface area (Å²) in [6.45, 7) is 0.365. The zero-order chi connectivity index (χ0) is 21.3. The number of carbonyl (C=O) groups excluding carboxylic acids is 1. The van der Waals surface area contributed by atoms with Gasteiger partial charge in [0.2, 0.25) is 0 Å². The van der Waals surface area contributed by atoms with Crippen LogP contribution >= 0.6 is 0 Å². The van der Waals surface area contributed by atoms with Gasteiger partial charge in [0.15, 0.2) is 0 Å². The molecule has 3 N–H and O–H groups in total. The van der Waals surface area contributed by atoms with Gasteiger partial charge >= 0.3 is 6.18 Å². The lowest BCUT2D eigenvalue weighted by Gasteiger charge is -2.08. The summed E-state index contributed by atoms with van der Waals surface area (Å²) in [5.41, 5.74) is 7.71. The van der Waals surface area contributed by atoms with Crippen LogP contribution in [-0.2, 0) is 12.7 Å². The number of carbonyl (C=O) groups is 1. The smallest absolute Gasteiger partial charge is 0.397 e. The lowest BCUT2D eigenvalue weighted by molar-refractivity contribution is -0.137. The third-order valence-electron chi connectivity index (χ3n) is 4.65. The highest BCUT2D eigenvalue weighted by Crippen LogP contribution is 2.31. The second-order valence-electron chi connectivity index (χ2n) is 6.84. The average molecular weight is 410 g/mol. The zero-order valence-electron chi connectivity index (χ0n) is 15.6. The van der Waals surface area contributed by atoms with Crippen LogP contribution in [-0.4, -0.2) is 15.7 Å². The number of aromatic nitrogens is 2. The molecule has 0 bridgehead atoms. The second-order valence-corrected chi connectivity index (χ2v) is 6.84. The Labute approximate surface area is 169 Å². The van der Waals surface area contributed by atoms with E-state index in [0.717, 1.165) is 17.7 Å². The fourth-order valence-electron chi connectivity index (χ4n) is 3.08. The molecule has 1 heterocycles. The van der Waals surface area contributed by atoms with Crippen molar-refractivity contribution >= 4 is 28.2 Å². The standard InChI is InChI=1S/C22H17F3N4O/c23-22(24,25)17-10-9-16-13-29(28-20(16)11-17)12-14-5-7-15(8-6-14)21(30)27-19-4-2-1-3-18(19)26/h1-11,13H,12,26H2,(H,27,30). The molecule has 1 amide bonds. The van der Waals surface area contributed by atoms with Gasteiger partial charge < -0.3 is 11.1 Å². The molecule has 0 unspecified atom stereocenters. The van der Waals surface area contributed by atoms with Crippen LogP contribution in [0.2, 0.25) is 0 Å². The Bertz CT molecular complexity index is 1210. The first-order chi connectivity index (χ1) is 14.3. The molecule has 0 fully saturated rings. The second kappa shape index (κ2) is 7.55. The number of nitrogens with one attached hydrogen (secondary N) is 1. The summed E-state index contributed by atoms with van der Waals surface area (Å²) in [7, 11) is 0. The maximum atomic E-state index is 12.9. The van der Waals surface area contributed by atoms with Crippen molar-refractivity contribution < 1.29 is 18.0 Å². The van der Waals surface area contributed by atoms with Crippen molar-refractivity contribution in [3.8, 4) is 0 Å². The van der Waals surface area contributed by atoms with Crippen LogP contribution in [0.25, 0.3) is 10.9 Å². The van der Waals surface area contributed by atoms with Crippen LogP contribution in [0.5, 0.6) is 0 Å². The Morgan fingerprint density at radius 3 is 2.47 bits per heavy atom. The molecule has 0 aliphatic rings. The lowest BCUT2D eigenvalue weighted by Crippen LogP contribution is -2.13. The highest BCUT2D eigenvalue weighted by atomic mass is 19.4. The van der Waals surface area contributed by atoms with Crippen molar-refractivity contribution in [1.29, 1.82) is 0 Å². The topological polar surface area (TPSA) is 72.9 Å². The zero-order valence-corrected chi connectivity index (χ0v) is 15.6. The Balaban J connectivity index is 1.48. The number of anilines is 2. The molecule has 152 valence electrons. The first-order valence-corrected chi connectivity index (χ1v) is 9.09. The number of hydrogen-bond donors (Lipinski definition) is 2. The number of rotatable bonds is 4. The molecule has 0 atom stereocenters. The van der Waals surface area contributed by atoms with Gasteiger partial charge in [0.25, 0.3) is 5.91 Å². The fourth-order valence-corrected chi connectivity index (χ4v) is 3.08. The van der Waals surface area contributed by atoms with Gasteiger partial charge in [-0.3, -0.25) is 9.48 Å². The van der Waals surface area contributed by atoms with Crippen molar-refractivity contribution in [3.63, 3.8) is 0 Å². The highest BCUT2D eigenvalue weighted by Gasteiger charge is 2.30. The minimum Gasteiger partial charge on any atom is -0.397 e. The molecule has 0 saturated heterocycles. The molecule has 5 nitrogen and oxygen atoms in total. The monoisotopic (exact) mass is 410 g/mol. The van der Waals surface area contributed by atoms with Gasteiger partial charge in [-0.1, -0.05) is 30.3 Å². The molecule has 0 radical (unpaired) electrons. The maximum Gasteiger partial charge on any atom is 0.416 e. The van der Waals surface area contributed by atoms with Gasteiger partial charge in [-0.2, -0.15) is 18.3 Å². The van der Waals surface area contributed by atoms with E-state index in [1.807, 2.05) is 0 Å². The highest BCUT2D eigenvalue weighted by molar-refractivity contribution is 6.05. The molecule has 0 saturated carbocycles. The molecule has 30 heavy (non-hydrogen) atoms. The van der Waals surface area contributed by atoms with Crippen LogP contribution < -0.4 is 11.1 Å². The van der Waals surface area contributed by atoms with E-state index in [4.69, 9.17) is 5.73 Å². The summed E-state index contributed by atoms with van der Waals surface area (Å²) in [4.78, 5) is 12.4. The minimum absolute atomic E-state index is 0.279. The summed E-state index contributed by atoms with van der Waals surface area (Å²) in [5.74, 6) is -0.288. The number of nitrogens with two attached hydrogens (primary N) is 1. The van der Waals surface area contributed by atoms with Crippen LogP contribution in [0.4, 0.5) is 24.5 Å². The third-order valence-corrected chi connectivity index (χ3v) is 4.65. The summed E-state index contributed by atoms with van der Waals surface area (Å²) in [5, 5.41) is 7.61. The molecule has 4 aromatic rings. The molecule has 1 aromatic heterocycles. The molecule has 3 aromatic carbocycles. The Hall–Kier alpha value is -3.81. The molecular weight excluding hydrogens is 393 g/mol. The molecule has 0 spiro atoms. The predicted octanol–water partition coefficient (Wildman–Crippen LogP) is 4.94. The third kappa shape index (κ3) is 4.12. The van der Waals surface area contributed by atoms with Crippen LogP contribution in [0.15, 0.2) is 72.9 Å². The average Bonchev–Trinajstić information content (AvgIpc) is 3.11. The van der Waals surface area contributed by atoms with Crippen LogP contribution in [0.3, 0.4) is 0 Å². The summed E-state index contributed by atoms with van der Waals surface area (Å²) >= 11 is 0. The first kappa shape index (κ1) is 19.5. The van der Waals surface area contributed by atoms with E-state index in [0.29, 0.717) is 28.9 Å². The minimum atomic E-state index is -4.40. The van der Waals surface area contributed by atoms with Crippen LogP contribution in [0, 0.1) is 0 Å². The number of halogens is 3. The van der Waals surface area contributed by atoms with E-state index in [1.54, 1.807) is 59.4 Å². The Morgan fingerprint density at radius 2 is 1.77 bits per heavy atom. The fraction of sp³-hybridized carbons (Fsp3) is 0.0909. The molecule has 0 aliphatic heterocycles.